The summed E-state index contributed by atoms with van der Waals surface area (Å²) >= 11 is 0. The van der Waals surface area contributed by atoms with E-state index < -0.39 is 5.60 Å². The number of halogens is 1. The third-order valence-electron chi connectivity index (χ3n) is 4.34. The van der Waals surface area contributed by atoms with Gasteiger partial charge in [0.1, 0.15) is 22.8 Å². The molecule has 1 heterocycles. The number of allylic oxidation sites excluding steroid dienone is 1. The van der Waals surface area contributed by atoms with Crippen LogP contribution < -0.4 is 19.9 Å². The number of ether oxygens (including phenoxy) is 3. The largest absolute Gasteiger partial charge is 0.496 e. The van der Waals surface area contributed by atoms with Crippen molar-refractivity contribution in [2.75, 3.05) is 20.0 Å². The maximum Gasteiger partial charge on any atom is 0.189 e. The fraction of sp³-hybridized carbons (Fsp3) is 0.227. The van der Waals surface area contributed by atoms with Crippen molar-refractivity contribution in [2.45, 2.75) is 19.4 Å². The summed E-state index contributed by atoms with van der Waals surface area (Å²) in [5.74, 6) is 1.64. The highest BCUT2D eigenvalue weighted by atomic mass is 35.5. The predicted octanol–water partition coefficient (Wildman–Crippen LogP) is 4.79. The monoisotopic (exact) mass is 401 g/mol. The highest BCUT2D eigenvalue weighted by molar-refractivity contribution is 6.09. The third-order valence-corrected chi connectivity index (χ3v) is 4.34. The van der Waals surface area contributed by atoms with E-state index in [1.54, 1.807) is 44.6 Å². The van der Waals surface area contributed by atoms with Crippen LogP contribution in [0.15, 0.2) is 42.5 Å². The quantitative estimate of drug-likeness (QED) is 0.443. The zero-order valence-corrected chi connectivity index (χ0v) is 17.1. The lowest BCUT2D eigenvalue weighted by Crippen LogP contribution is -2.28. The van der Waals surface area contributed by atoms with Gasteiger partial charge in [0, 0.05) is 0 Å². The number of ketones is 1. The van der Waals surface area contributed by atoms with Gasteiger partial charge in [-0.25, -0.2) is 0 Å². The van der Waals surface area contributed by atoms with Crippen molar-refractivity contribution in [1.29, 1.82) is 0 Å². The molecule has 0 saturated heterocycles. The van der Waals surface area contributed by atoms with Crippen LogP contribution in [0, 0.1) is 0 Å². The third kappa shape index (κ3) is 4.31. The van der Waals surface area contributed by atoms with Gasteiger partial charge in [-0.3, -0.25) is 4.79 Å². The van der Waals surface area contributed by atoms with E-state index in [0.717, 1.165) is 11.1 Å². The topological polar surface area (TPSA) is 70.8 Å². The van der Waals surface area contributed by atoms with Crippen molar-refractivity contribution < 1.29 is 19.0 Å². The van der Waals surface area contributed by atoms with Crippen molar-refractivity contribution in [3.63, 3.8) is 0 Å². The number of carbonyl (C=O) groups is 1. The second-order valence-electron chi connectivity index (χ2n) is 6.80. The molecule has 28 heavy (non-hydrogen) atoms. The van der Waals surface area contributed by atoms with Crippen LogP contribution >= 0.6 is 12.4 Å². The number of hydrogen-bond donors (Lipinski definition) is 1. The van der Waals surface area contributed by atoms with Gasteiger partial charge in [0.05, 0.1) is 31.0 Å². The average molecular weight is 402 g/mol. The molecular formula is C22H24ClNO4. The lowest BCUT2D eigenvalue weighted by Gasteiger charge is -2.29. The van der Waals surface area contributed by atoms with E-state index in [2.05, 4.69) is 0 Å². The molecule has 1 aliphatic heterocycles. The molecule has 3 rings (SSSR count). The van der Waals surface area contributed by atoms with Gasteiger partial charge >= 0.3 is 0 Å². The van der Waals surface area contributed by atoms with Gasteiger partial charge in [0.25, 0.3) is 0 Å². The molecule has 2 N–H and O–H groups in total. The molecule has 0 fully saturated rings. The first-order valence-corrected chi connectivity index (χ1v) is 8.60. The SMILES string of the molecule is COc1ccc(/C=C/C(=O)c2ccc(OC)c3c2OC(C)(C)C=C3)cc1N.Cl. The van der Waals surface area contributed by atoms with Crippen LogP contribution in [0.2, 0.25) is 0 Å². The first kappa shape index (κ1) is 21.4. The summed E-state index contributed by atoms with van der Waals surface area (Å²) in [6.07, 6.45) is 7.11. The Hall–Kier alpha value is -2.92. The summed E-state index contributed by atoms with van der Waals surface area (Å²) in [5.41, 5.74) is 8.00. The number of benzene rings is 2. The summed E-state index contributed by atoms with van der Waals surface area (Å²) in [6.45, 7) is 3.88. The molecule has 0 amide bonds. The zero-order chi connectivity index (χ0) is 19.6. The van der Waals surface area contributed by atoms with E-state index in [4.69, 9.17) is 19.9 Å². The van der Waals surface area contributed by atoms with Crippen LogP contribution in [-0.2, 0) is 0 Å². The smallest absolute Gasteiger partial charge is 0.189 e. The molecule has 1 aliphatic rings. The minimum Gasteiger partial charge on any atom is -0.496 e. The Labute approximate surface area is 171 Å². The number of anilines is 1. The summed E-state index contributed by atoms with van der Waals surface area (Å²) < 4.78 is 16.6. The Morgan fingerprint density at radius 2 is 1.79 bits per heavy atom. The first-order valence-electron chi connectivity index (χ1n) is 8.60. The van der Waals surface area contributed by atoms with Crippen LogP contribution in [0.4, 0.5) is 5.69 Å². The molecular weight excluding hydrogens is 378 g/mol. The Morgan fingerprint density at radius 1 is 1.11 bits per heavy atom. The van der Waals surface area contributed by atoms with Crippen molar-refractivity contribution in [1.82, 2.24) is 0 Å². The number of nitrogen functional groups attached to an aromatic ring is 1. The van der Waals surface area contributed by atoms with E-state index >= 15 is 0 Å². The Morgan fingerprint density at radius 3 is 2.43 bits per heavy atom. The maximum absolute atomic E-state index is 12.8. The molecule has 5 nitrogen and oxygen atoms in total. The average Bonchev–Trinajstić information content (AvgIpc) is 2.64. The molecule has 0 aromatic heterocycles. The lowest BCUT2D eigenvalue weighted by atomic mass is 9.97. The van der Waals surface area contributed by atoms with E-state index in [1.807, 2.05) is 32.1 Å². The van der Waals surface area contributed by atoms with E-state index in [9.17, 15) is 4.79 Å². The van der Waals surface area contributed by atoms with Crippen LogP contribution in [0.25, 0.3) is 12.2 Å². The standard InChI is InChI=1S/C22H23NO4.ClH/c1-22(2)12-11-16-19(25-3)10-7-15(21(16)27-22)18(24)8-5-14-6-9-20(26-4)17(23)13-14;/h5-13H,23H2,1-4H3;1H/b8-5+;. The fourth-order valence-corrected chi connectivity index (χ4v) is 2.92. The van der Waals surface area contributed by atoms with Crippen LogP contribution in [0.5, 0.6) is 17.2 Å². The summed E-state index contributed by atoms with van der Waals surface area (Å²) in [7, 11) is 3.16. The Kier molecular flexibility index (Phi) is 6.41. The number of hydrogen-bond acceptors (Lipinski definition) is 5. The predicted molar refractivity (Wildman–Crippen MR) is 115 cm³/mol. The maximum atomic E-state index is 12.8. The normalized spacial score (nSPS) is 14.0. The minimum atomic E-state index is -0.497. The highest BCUT2D eigenvalue weighted by Crippen LogP contribution is 2.40. The van der Waals surface area contributed by atoms with E-state index in [1.165, 1.54) is 6.08 Å². The van der Waals surface area contributed by atoms with Gasteiger partial charge in [-0.1, -0.05) is 12.1 Å². The Balaban J connectivity index is 0.00000280. The van der Waals surface area contributed by atoms with Crippen molar-refractivity contribution in [2.24, 2.45) is 0 Å². The summed E-state index contributed by atoms with van der Waals surface area (Å²) in [4.78, 5) is 12.8. The van der Waals surface area contributed by atoms with Gasteiger partial charge in [-0.05, 0) is 61.9 Å². The molecule has 0 unspecified atom stereocenters. The number of rotatable bonds is 5. The number of nitrogens with two attached hydrogens (primary N) is 1. The number of carbonyl (C=O) groups excluding carboxylic acids is 1. The second kappa shape index (κ2) is 8.40. The van der Waals surface area contributed by atoms with Crippen LogP contribution in [-0.4, -0.2) is 25.6 Å². The van der Waals surface area contributed by atoms with Gasteiger partial charge in [0.2, 0.25) is 0 Å². The molecule has 0 bridgehead atoms. The van der Waals surface area contributed by atoms with Gasteiger partial charge in [-0.15, -0.1) is 12.4 Å². The lowest BCUT2D eigenvalue weighted by molar-refractivity contribution is 0.103. The van der Waals surface area contributed by atoms with Gasteiger partial charge < -0.3 is 19.9 Å². The van der Waals surface area contributed by atoms with E-state index in [0.29, 0.717) is 28.5 Å². The second-order valence-corrected chi connectivity index (χ2v) is 6.80. The molecule has 2 aromatic carbocycles. The summed E-state index contributed by atoms with van der Waals surface area (Å²) in [6, 6.07) is 8.86. The summed E-state index contributed by atoms with van der Waals surface area (Å²) in [5, 5.41) is 0. The van der Waals surface area contributed by atoms with Crippen molar-refractivity contribution >= 4 is 36.0 Å². The highest BCUT2D eigenvalue weighted by Gasteiger charge is 2.27. The van der Waals surface area contributed by atoms with Crippen molar-refractivity contribution in [3.8, 4) is 17.2 Å². The molecule has 0 atom stereocenters. The number of methoxy groups -OCH3 is 2. The van der Waals surface area contributed by atoms with Crippen LogP contribution in [0.3, 0.4) is 0 Å². The molecule has 6 heteroatoms. The molecule has 0 aliphatic carbocycles. The molecule has 0 spiro atoms. The van der Waals surface area contributed by atoms with Gasteiger partial charge in [0.15, 0.2) is 5.78 Å². The first-order chi connectivity index (χ1) is 12.8. The molecule has 0 radical (unpaired) electrons. The van der Waals surface area contributed by atoms with Crippen LogP contribution in [0.1, 0.15) is 35.3 Å². The number of fused-ring (bicyclic) bond motifs is 1. The van der Waals surface area contributed by atoms with Gasteiger partial charge in [-0.2, -0.15) is 0 Å². The Bertz CT molecular complexity index is 948. The fourth-order valence-electron chi connectivity index (χ4n) is 2.92. The molecule has 0 saturated carbocycles. The molecule has 148 valence electrons. The minimum absolute atomic E-state index is 0. The zero-order valence-electron chi connectivity index (χ0n) is 16.3. The molecule has 2 aromatic rings. The van der Waals surface area contributed by atoms with Crippen molar-refractivity contribution in [3.05, 3.63) is 59.2 Å². The van der Waals surface area contributed by atoms with E-state index in [-0.39, 0.29) is 18.2 Å².